The second-order valence-corrected chi connectivity index (χ2v) is 9.03. The van der Waals surface area contributed by atoms with Gasteiger partial charge < -0.3 is 24.6 Å². The van der Waals surface area contributed by atoms with Crippen LogP contribution in [-0.2, 0) is 20.7 Å². The summed E-state index contributed by atoms with van der Waals surface area (Å²) in [4.78, 5) is 45.7. The molecule has 2 aromatic rings. The highest BCUT2D eigenvalue weighted by Gasteiger charge is 2.22. The van der Waals surface area contributed by atoms with Crippen LogP contribution in [0.3, 0.4) is 0 Å². The molecule has 10 heteroatoms. The highest BCUT2D eigenvalue weighted by molar-refractivity contribution is 7.13. The van der Waals surface area contributed by atoms with Crippen LogP contribution in [0.25, 0.3) is 0 Å². The fourth-order valence-corrected chi connectivity index (χ4v) is 4.16. The minimum Gasteiger partial charge on any atom is -0.497 e. The van der Waals surface area contributed by atoms with Crippen molar-refractivity contribution in [3.8, 4) is 5.75 Å². The number of carbonyl (C=O) groups excluding carboxylic acids is 3. The van der Waals surface area contributed by atoms with Crippen LogP contribution in [0.15, 0.2) is 29.6 Å². The predicted octanol–water partition coefficient (Wildman–Crippen LogP) is 2.29. The fourth-order valence-electron chi connectivity index (χ4n) is 3.43. The van der Waals surface area contributed by atoms with Gasteiger partial charge in [0.05, 0.1) is 32.4 Å². The van der Waals surface area contributed by atoms with Crippen molar-refractivity contribution in [3.63, 3.8) is 0 Å². The summed E-state index contributed by atoms with van der Waals surface area (Å²) in [6.45, 7) is 6.59. The van der Waals surface area contributed by atoms with Gasteiger partial charge in [0.2, 0.25) is 11.8 Å². The monoisotopic (exact) mass is 474 g/mol. The van der Waals surface area contributed by atoms with Gasteiger partial charge in [0.15, 0.2) is 5.13 Å². The standard InChI is InChI=1S/C23H30N4O5S/c1-16(2)13-27(22(30)17-4-6-19(31-3)7-5-17)14-20(28)25-23-24-18(15-33-23)12-21(29)26-8-10-32-11-9-26/h4-7,15-16H,8-14H2,1-3H3,(H,24,25,28). The number of rotatable bonds is 9. The second kappa shape index (κ2) is 11.8. The Morgan fingerprint density at radius 3 is 2.55 bits per heavy atom. The van der Waals surface area contributed by atoms with Crippen molar-refractivity contribution >= 4 is 34.2 Å². The van der Waals surface area contributed by atoms with Crippen molar-refractivity contribution in [1.29, 1.82) is 0 Å². The first-order valence-corrected chi connectivity index (χ1v) is 11.8. The molecule has 0 saturated carbocycles. The third kappa shape index (κ3) is 7.26. The van der Waals surface area contributed by atoms with Crippen molar-refractivity contribution in [3.05, 3.63) is 40.9 Å². The molecular formula is C23H30N4O5S. The van der Waals surface area contributed by atoms with Crippen LogP contribution in [-0.4, -0.2) is 79.0 Å². The van der Waals surface area contributed by atoms with Crippen molar-refractivity contribution < 1.29 is 23.9 Å². The van der Waals surface area contributed by atoms with Crippen LogP contribution in [0.4, 0.5) is 5.13 Å². The van der Waals surface area contributed by atoms with Gasteiger partial charge in [-0.1, -0.05) is 13.8 Å². The van der Waals surface area contributed by atoms with Crippen LogP contribution in [0, 0.1) is 5.92 Å². The number of hydrogen-bond acceptors (Lipinski definition) is 7. The molecular weight excluding hydrogens is 444 g/mol. The maximum Gasteiger partial charge on any atom is 0.254 e. The Kier molecular flexibility index (Phi) is 8.79. The first-order chi connectivity index (χ1) is 15.9. The average molecular weight is 475 g/mol. The molecule has 0 bridgehead atoms. The number of ether oxygens (including phenoxy) is 2. The van der Waals surface area contributed by atoms with E-state index in [1.807, 2.05) is 13.8 Å². The summed E-state index contributed by atoms with van der Waals surface area (Å²) in [5.74, 6) is 0.286. The number of nitrogens with zero attached hydrogens (tertiary/aromatic N) is 3. The van der Waals surface area contributed by atoms with E-state index in [4.69, 9.17) is 9.47 Å². The van der Waals surface area contributed by atoms with E-state index in [0.29, 0.717) is 55.0 Å². The molecule has 2 heterocycles. The zero-order chi connectivity index (χ0) is 23.8. The molecule has 0 radical (unpaired) electrons. The van der Waals surface area contributed by atoms with Gasteiger partial charge in [0.25, 0.3) is 5.91 Å². The molecule has 33 heavy (non-hydrogen) atoms. The first-order valence-electron chi connectivity index (χ1n) is 10.9. The molecule has 1 aliphatic heterocycles. The molecule has 178 valence electrons. The van der Waals surface area contributed by atoms with Crippen LogP contribution in [0.1, 0.15) is 29.9 Å². The summed E-state index contributed by atoms with van der Waals surface area (Å²) < 4.78 is 10.4. The summed E-state index contributed by atoms with van der Waals surface area (Å²) in [5, 5.41) is 4.93. The summed E-state index contributed by atoms with van der Waals surface area (Å²) in [6, 6.07) is 6.81. The number of benzene rings is 1. The largest absolute Gasteiger partial charge is 0.497 e. The molecule has 1 aliphatic rings. The lowest BCUT2D eigenvalue weighted by Gasteiger charge is -2.26. The number of aromatic nitrogens is 1. The van der Waals surface area contributed by atoms with E-state index in [1.165, 1.54) is 16.2 Å². The zero-order valence-corrected chi connectivity index (χ0v) is 20.0. The van der Waals surface area contributed by atoms with Gasteiger partial charge >= 0.3 is 0 Å². The highest BCUT2D eigenvalue weighted by Crippen LogP contribution is 2.18. The number of anilines is 1. The van der Waals surface area contributed by atoms with Crippen molar-refractivity contribution in [2.45, 2.75) is 20.3 Å². The lowest BCUT2D eigenvalue weighted by atomic mass is 10.1. The van der Waals surface area contributed by atoms with Crippen molar-refractivity contribution in [2.24, 2.45) is 5.92 Å². The van der Waals surface area contributed by atoms with E-state index < -0.39 is 0 Å². The molecule has 1 aromatic carbocycles. The molecule has 0 unspecified atom stereocenters. The smallest absolute Gasteiger partial charge is 0.254 e. The first kappa shape index (κ1) is 24.7. The number of hydrogen-bond donors (Lipinski definition) is 1. The number of carbonyl (C=O) groups is 3. The van der Waals surface area contributed by atoms with E-state index in [-0.39, 0.29) is 36.6 Å². The third-order valence-electron chi connectivity index (χ3n) is 5.04. The molecule has 3 rings (SSSR count). The normalized spacial score (nSPS) is 13.6. The SMILES string of the molecule is COc1ccc(C(=O)N(CC(=O)Nc2nc(CC(=O)N3CCOCC3)cs2)CC(C)C)cc1. The minimum absolute atomic E-state index is 0.00493. The van der Waals surface area contributed by atoms with Crippen LogP contribution < -0.4 is 10.1 Å². The van der Waals surface area contributed by atoms with Gasteiger partial charge in [-0.2, -0.15) is 0 Å². The zero-order valence-electron chi connectivity index (χ0n) is 19.2. The highest BCUT2D eigenvalue weighted by atomic mass is 32.1. The molecule has 1 N–H and O–H groups in total. The Labute approximate surface area is 197 Å². The maximum atomic E-state index is 13.0. The van der Waals surface area contributed by atoms with E-state index >= 15 is 0 Å². The van der Waals surface area contributed by atoms with Gasteiger partial charge in [0.1, 0.15) is 12.3 Å². The Morgan fingerprint density at radius 1 is 1.21 bits per heavy atom. The molecule has 1 saturated heterocycles. The Bertz CT molecular complexity index is 954. The van der Waals surface area contributed by atoms with Crippen LogP contribution >= 0.6 is 11.3 Å². The summed E-state index contributed by atoms with van der Waals surface area (Å²) in [6.07, 6.45) is 0.182. The average Bonchev–Trinajstić information content (AvgIpc) is 3.24. The van der Waals surface area contributed by atoms with E-state index in [0.717, 1.165) is 0 Å². The van der Waals surface area contributed by atoms with Gasteiger partial charge in [-0.15, -0.1) is 11.3 Å². The minimum atomic E-state index is -0.335. The second-order valence-electron chi connectivity index (χ2n) is 8.17. The van der Waals surface area contributed by atoms with E-state index in [9.17, 15) is 14.4 Å². The summed E-state index contributed by atoms with van der Waals surface area (Å²) >= 11 is 1.26. The Morgan fingerprint density at radius 2 is 1.91 bits per heavy atom. The predicted molar refractivity (Wildman–Crippen MR) is 126 cm³/mol. The van der Waals surface area contributed by atoms with Crippen molar-refractivity contribution in [1.82, 2.24) is 14.8 Å². The number of amides is 3. The lowest BCUT2D eigenvalue weighted by Crippen LogP contribution is -2.41. The van der Waals surface area contributed by atoms with Gasteiger partial charge in [-0.3, -0.25) is 14.4 Å². The molecule has 0 aliphatic carbocycles. The third-order valence-corrected chi connectivity index (χ3v) is 5.84. The number of methoxy groups -OCH3 is 1. The number of thiazole rings is 1. The van der Waals surface area contributed by atoms with E-state index in [1.54, 1.807) is 41.7 Å². The van der Waals surface area contributed by atoms with Crippen LogP contribution in [0.5, 0.6) is 5.75 Å². The molecule has 0 spiro atoms. The summed E-state index contributed by atoms with van der Waals surface area (Å²) in [7, 11) is 1.56. The Balaban J connectivity index is 1.58. The quantitative estimate of drug-likeness (QED) is 0.599. The Hall–Kier alpha value is -2.98. The number of morpholine rings is 1. The molecule has 1 aromatic heterocycles. The molecule has 0 atom stereocenters. The topological polar surface area (TPSA) is 101 Å². The molecule has 3 amide bonds. The number of nitrogens with one attached hydrogen (secondary N) is 1. The summed E-state index contributed by atoms with van der Waals surface area (Å²) in [5.41, 5.74) is 1.10. The van der Waals surface area contributed by atoms with Gasteiger partial charge in [-0.25, -0.2) is 4.98 Å². The fraction of sp³-hybridized carbons (Fsp3) is 0.478. The van der Waals surface area contributed by atoms with Crippen LogP contribution in [0.2, 0.25) is 0 Å². The van der Waals surface area contributed by atoms with E-state index in [2.05, 4.69) is 10.3 Å². The molecule has 9 nitrogen and oxygen atoms in total. The van der Waals surface area contributed by atoms with Crippen molar-refractivity contribution in [2.75, 3.05) is 51.8 Å². The molecule has 1 fully saturated rings. The van der Waals surface area contributed by atoms with Gasteiger partial charge in [-0.05, 0) is 30.2 Å². The lowest BCUT2D eigenvalue weighted by molar-refractivity contribution is -0.134. The van der Waals surface area contributed by atoms with Gasteiger partial charge in [0, 0.05) is 30.6 Å². The maximum absolute atomic E-state index is 13.0.